The van der Waals surface area contributed by atoms with Gasteiger partial charge in [0.1, 0.15) is 67.1 Å². The summed E-state index contributed by atoms with van der Waals surface area (Å²) in [6, 6.07) is -1.54. The first-order valence-corrected chi connectivity index (χ1v) is 13.2. The molecule has 21 heteroatoms. The fraction of sp³-hybridized carbons (Fsp3) is 0.913. The molecule has 3 fully saturated rings. The Labute approximate surface area is 249 Å². The summed E-state index contributed by atoms with van der Waals surface area (Å²) in [5.74, 6) is -5.74. The average Bonchev–Trinajstić information content (AvgIpc) is 2.96. The van der Waals surface area contributed by atoms with Gasteiger partial charge in [-0.15, -0.1) is 0 Å². The van der Waals surface area contributed by atoms with Crippen molar-refractivity contribution in [2.75, 3.05) is 19.8 Å². The Balaban J connectivity index is 0.00000675. The van der Waals surface area contributed by atoms with Gasteiger partial charge in [0.25, 0.3) is 5.79 Å². The number of rotatable bonds is 11. The number of carbonyl (C=O) groups excluding carboxylic acids is 1. The van der Waals surface area contributed by atoms with Crippen molar-refractivity contribution in [1.29, 1.82) is 0 Å². The molecule has 0 aromatic heterocycles. The monoisotopic (exact) mass is 650 g/mol. The third-order valence-electron chi connectivity index (χ3n) is 7.47. The van der Waals surface area contributed by atoms with Crippen LogP contribution in [-0.2, 0) is 33.3 Å². The lowest BCUT2D eigenvalue weighted by Gasteiger charge is -2.50. The molecule has 16 N–H and O–H groups in total. The second-order valence-electron chi connectivity index (χ2n) is 10.5. The van der Waals surface area contributed by atoms with E-state index >= 15 is 0 Å². The molecular weight excluding hydrogens is 608 g/mol. The Morgan fingerprint density at radius 1 is 0.909 bits per heavy atom. The highest BCUT2D eigenvalue weighted by Gasteiger charge is 2.60. The molecule has 0 aliphatic carbocycles. The minimum Gasteiger partial charge on any atom is -0.477 e. The number of carboxylic acids is 1. The molecule has 16 atom stereocenters. The molecular formula is C23H42N2O19. The van der Waals surface area contributed by atoms with Crippen LogP contribution < -0.4 is 11.5 Å². The zero-order valence-electron chi connectivity index (χ0n) is 23.4. The quantitative estimate of drug-likeness (QED) is 0.0986. The van der Waals surface area contributed by atoms with Gasteiger partial charge in [0.05, 0.1) is 32.0 Å². The Morgan fingerprint density at radius 2 is 1.52 bits per heavy atom. The number of aliphatic hydroxyl groups excluding tert-OH is 11. The first-order valence-electron chi connectivity index (χ1n) is 13.2. The van der Waals surface area contributed by atoms with Crippen molar-refractivity contribution in [3.8, 4) is 0 Å². The van der Waals surface area contributed by atoms with E-state index in [2.05, 4.69) is 5.32 Å². The summed E-state index contributed by atoms with van der Waals surface area (Å²) in [6.07, 6.45) is -27.8. The summed E-state index contributed by atoms with van der Waals surface area (Å²) >= 11 is 0. The lowest BCUT2D eigenvalue weighted by atomic mass is 9.88. The topological polar surface area (TPSA) is 370 Å². The molecule has 3 aliphatic heterocycles. The lowest BCUT2D eigenvalue weighted by Crippen LogP contribution is -2.70. The van der Waals surface area contributed by atoms with Crippen LogP contribution in [0.5, 0.6) is 0 Å². The third-order valence-corrected chi connectivity index (χ3v) is 7.47. The largest absolute Gasteiger partial charge is 0.477 e. The molecule has 0 aromatic rings. The van der Waals surface area contributed by atoms with Crippen LogP contribution in [0, 0.1) is 0 Å². The number of carboxylic acid groups (broad SMARTS) is 1. The summed E-state index contributed by atoms with van der Waals surface area (Å²) < 4.78 is 26.8. The number of carbonyl (C=O) groups is 2. The minimum atomic E-state index is -3.02. The summed E-state index contributed by atoms with van der Waals surface area (Å²) in [7, 11) is 0. The van der Waals surface area contributed by atoms with Crippen LogP contribution >= 0.6 is 0 Å². The number of amides is 1. The van der Waals surface area contributed by atoms with Gasteiger partial charge in [-0.25, -0.2) is 4.79 Å². The first-order chi connectivity index (χ1) is 20.1. The second-order valence-corrected chi connectivity index (χ2v) is 10.5. The fourth-order valence-corrected chi connectivity index (χ4v) is 5.16. The molecule has 3 heterocycles. The maximum absolute atomic E-state index is 12.5. The van der Waals surface area contributed by atoms with Crippen molar-refractivity contribution in [1.82, 2.24) is 11.5 Å². The zero-order valence-corrected chi connectivity index (χ0v) is 23.4. The number of hydrogen-bond donors (Lipinski definition) is 14. The minimum absolute atomic E-state index is 0. The van der Waals surface area contributed by atoms with Gasteiger partial charge in [-0.05, 0) is 0 Å². The zero-order chi connectivity index (χ0) is 32.4. The van der Waals surface area contributed by atoms with E-state index in [1.807, 2.05) is 0 Å². The molecule has 0 aromatic carbocycles. The van der Waals surface area contributed by atoms with E-state index < -0.39 is 136 Å². The van der Waals surface area contributed by atoms with E-state index in [0.717, 1.165) is 6.92 Å². The molecule has 3 saturated heterocycles. The van der Waals surface area contributed by atoms with E-state index in [4.69, 9.17) is 23.7 Å². The number of ether oxygens (including phenoxy) is 5. The van der Waals surface area contributed by atoms with E-state index in [-0.39, 0.29) is 6.15 Å². The molecule has 44 heavy (non-hydrogen) atoms. The summed E-state index contributed by atoms with van der Waals surface area (Å²) in [5, 5.41) is 124. The van der Waals surface area contributed by atoms with Crippen molar-refractivity contribution in [2.24, 2.45) is 0 Å². The highest BCUT2D eigenvalue weighted by Crippen LogP contribution is 2.38. The van der Waals surface area contributed by atoms with Crippen molar-refractivity contribution in [3.05, 3.63) is 0 Å². The molecule has 1 amide bonds. The molecule has 21 nitrogen and oxygen atoms in total. The van der Waals surface area contributed by atoms with Crippen LogP contribution in [0.4, 0.5) is 0 Å². The predicted octanol–water partition coefficient (Wildman–Crippen LogP) is -8.06. The Morgan fingerprint density at radius 3 is 2.05 bits per heavy atom. The van der Waals surface area contributed by atoms with E-state index in [0.29, 0.717) is 0 Å². The van der Waals surface area contributed by atoms with Crippen LogP contribution in [0.15, 0.2) is 0 Å². The Kier molecular flexibility index (Phi) is 13.7. The Bertz CT molecular complexity index is 947. The SMILES string of the molecule is CC(=O)N[C@H]1[C@H]([C@H](O)[C@H](O)CO)O[C@@](O[C@H]2[C@@H](O)[C@@H](CO)O[C@@H](O[C@H]3[C@H](O)[C@@H](O)[C@H](O)O[C@@H]3CO)[C@@H]2O)(C(=O)O)C[C@@H]1O.N. The van der Waals surface area contributed by atoms with Gasteiger partial charge in [-0.1, -0.05) is 0 Å². The molecule has 0 saturated carbocycles. The molecule has 3 rings (SSSR count). The second kappa shape index (κ2) is 15.7. The van der Waals surface area contributed by atoms with Crippen molar-refractivity contribution >= 4 is 11.9 Å². The van der Waals surface area contributed by atoms with Crippen LogP contribution in [0.25, 0.3) is 0 Å². The lowest BCUT2D eigenvalue weighted by molar-refractivity contribution is -0.385. The number of hydrogen-bond acceptors (Lipinski definition) is 19. The van der Waals surface area contributed by atoms with Crippen molar-refractivity contribution < 1.29 is 94.6 Å². The maximum atomic E-state index is 12.5. The smallest absolute Gasteiger partial charge is 0.364 e. The summed E-state index contributed by atoms with van der Waals surface area (Å²) in [6.45, 7) is -1.85. The number of nitrogens with one attached hydrogen (secondary N) is 1. The highest BCUT2D eigenvalue weighted by atomic mass is 16.8. The summed E-state index contributed by atoms with van der Waals surface area (Å²) in [5.41, 5.74) is 0. The predicted molar refractivity (Wildman–Crippen MR) is 135 cm³/mol. The molecule has 3 aliphatic rings. The first kappa shape index (κ1) is 38.4. The van der Waals surface area contributed by atoms with Gasteiger partial charge in [0.15, 0.2) is 12.6 Å². The number of aliphatic carboxylic acids is 1. The number of aliphatic hydroxyl groups is 11. The van der Waals surface area contributed by atoms with E-state index in [1.165, 1.54) is 0 Å². The maximum Gasteiger partial charge on any atom is 0.364 e. The van der Waals surface area contributed by atoms with Gasteiger partial charge in [-0.3, -0.25) is 4.79 Å². The van der Waals surface area contributed by atoms with E-state index in [9.17, 15) is 70.9 Å². The van der Waals surface area contributed by atoms with Crippen LogP contribution in [-0.4, -0.2) is 191 Å². The van der Waals surface area contributed by atoms with Gasteiger partial charge in [-0.2, -0.15) is 0 Å². The van der Waals surface area contributed by atoms with Crippen molar-refractivity contribution in [3.63, 3.8) is 0 Å². The van der Waals surface area contributed by atoms with Crippen molar-refractivity contribution in [2.45, 2.75) is 111 Å². The molecule has 0 radical (unpaired) electrons. The average molecular weight is 651 g/mol. The van der Waals surface area contributed by atoms with Crippen LogP contribution in [0.1, 0.15) is 13.3 Å². The highest BCUT2D eigenvalue weighted by molar-refractivity contribution is 5.76. The standard InChI is InChI=1S/C23H39NO19.H3N/c1-6(28)24-11-7(29)2-23(22(37)38,42-18(11)12(31)8(30)3-25)43-19-13(32)9(4-26)40-21(16(19)35)41-17-10(5-27)39-20(36)15(34)14(17)33;/h7-21,25-27,29-36H,2-5H2,1H3,(H,24,28)(H,37,38);1H3/t7-,8+,9+,10+,11+,12+,13-,14+,15+,16+,17+,18+,19-,20+,21-,23-;/m0./s1. The Hall–Kier alpha value is -1.74. The van der Waals surface area contributed by atoms with Gasteiger partial charge >= 0.3 is 5.97 Å². The van der Waals surface area contributed by atoms with Gasteiger partial charge < -0.3 is 96.4 Å². The van der Waals surface area contributed by atoms with Gasteiger partial charge in [0, 0.05) is 13.3 Å². The third kappa shape index (κ3) is 7.79. The fourth-order valence-electron chi connectivity index (χ4n) is 5.16. The van der Waals surface area contributed by atoms with Gasteiger partial charge in [0.2, 0.25) is 5.91 Å². The molecule has 0 bridgehead atoms. The van der Waals surface area contributed by atoms with E-state index in [1.54, 1.807) is 0 Å². The van der Waals surface area contributed by atoms with Crippen LogP contribution in [0.2, 0.25) is 0 Å². The molecule has 0 unspecified atom stereocenters. The summed E-state index contributed by atoms with van der Waals surface area (Å²) in [4.78, 5) is 24.3. The molecule has 258 valence electrons. The normalized spacial score (nSPS) is 44.2. The molecule has 0 spiro atoms. The van der Waals surface area contributed by atoms with Crippen LogP contribution in [0.3, 0.4) is 0 Å².